The van der Waals surface area contributed by atoms with Crippen LogP contribution in [0.4, 0.5) is 0 Å². The highest BCUT2D eigenvalue weighted by Gasteiger charge is 2.40. The van der Waals surface area contributed by atoms with E-state index in [1.165, 1.54) is 21.7 Å². The molecule has 9 heteroatoms. The maximum atomic E-state index is 12.1. The lowest BCUT2D eigenvalue weighted by atomic mass is 9.88. The normalized spacial score (nSPS) is 24.4. The zero-order chi connectivity index (χ0) is 17.2. The number of aromatic nitrogens is 2. The van der Waals surface area contributed by atoms with Crippen LogP contribution in [0, 0.1) is 0 Å². The molecule has 1 aliphatic heterocycles. The van der Waals surface area contributed by atoms with Crippen molar-refractivity contribution in [1.82, 2.24) is 14.5 Å². The van der Waals surface area contributed by atoms with Gasteiger partial charge in [-0.1, -0.05) is 0 Å². The molecule has 2 heterocycles. The van der Waals surface area contributed by atoms with Crippen molar-refractivity contribution in [3.63, 3.8) is 0 Å². The first kappa shape index (κ1) is 16.9. The van der Waals surface area contributed by atoms with Crippen LogP contribution in [0.25, 0.3) is 0 Å². The average molecular weight is 325 g/mol. The van der Waals surface area contributed by atoms with E-state index in [2.05, 4.69) is 4.98 Å². The Labute approximate surface area is 131 Å². The number of carbonyl (C=O) groups is 2. The number of nitrogens with one attached hydrogen (secondary N) is 1. The number of hydrogen-bond donors (Lipinski definition) is 3. The molecule has 0 saturated carbocycles. The first-order valence-electron chi connectivity index (χ1n) is 7.24. The largest absolute Gasteiger partial charge is 0.481 e. The van der Waals surface area contributed by atoms with Crippen molar-refractivity contribution in [3.8, 4) is 0 Å². The van der Waals surface area contributed by atoms with Crippen molar-refractivity contribution in [3.05, 3.63) is 33.1 Å². The summed E-state index contributed by atoms with van der Waals surface area (Å²) in [5.74, 6) is -1.40. The van der Waals surface area contributed by atoms with Gasteiger partial charge in [-0.05, 0) is 13.3 Å². The highest BCUT2D eigenvalue weighted by atomic mass is 16.4. The highest BCUT2D eigenvalue weighted by molar-refractivity contribution is 5.80. The number of aliphatic hydroxyl groups is 1. The maximum absolute atomic E-state index is 12.1. The number of likely N-dealkylation sites (tertiary alicyclic amines) is 1. The first-order valence-corrected chi connectivity index (χ1v) is 7.24. The molecule has 1 fully saturated rings. The average Bonchev–Trinajstić information content (AvgIpc) is 2.45. The third-order valence-corrected chi connectivity index (χ3v) is 4.09. The summed E-state index contributed by atoms with van der Waals surface area (Å²) >= 11 is 0. The second-order valence-corrected chi connectivity index (χ2v) is 5.87. The number of amides is 1. The van der Waals surface area contributed by atoms with Crippen LogP contribution in [-0.4, -0.2) is 55.2 Å². The van der Waals surface area contributed by atoms with Crippen LogP contribution in [0.15, 0.2) is 21.9 Å². The lowest BCUT2D eigenvalue weighted by Gasteiger charge is -2.43. The lowest BCUT2D eigenvalue weighted by Crippen LogP contribution is -2.55. The van der Waals surface area contributed by atoms with Gasteiger partial charge in [0.05, 0.1) is 18.1 Å². The zero-order valence-electron chi connectivity index (χ0n) is 12.7. The molecule has 1 aliphatic rings. The molecular formula is C14H19N3O6. The van der Waals surface area contributed by atoms with Gasteiger partial charge in [-0.3, -0.25) is 23.9 Å². The Morgan fingerprint density at radius 3 is 2.70 bits per heavy atom. The van der Waals surface area contributed by atoms with E-state index in [0.717, 1.165) is 0 Å². The quantitative estimate of drug-likeness (QED) is 0.645. The van der Waals surface area contributed by atoms with Gasteiger partial charge in [0.15, 0.2) is 0 Å². The van der Waals surface area contributed by atoms with Crippen molar-refractivity contribution in [2.45, 2.75) is 37.8 Å². The monoisotopic (exact) mass is 325 g/mol. The second-order valence-electron chi connectivity index (χ2n) is 5.87. The van der Waals surface area contributed by atoms with Crippen molar-refractivity contribution in [2.75, 3.05) is 13.1 Å². The molecule has 0 unspecified atom stereocenters. The molecule has 1 aromatic rings. The van der Waals surface area contributed by atoms with Crippen LogP contribution in [0.2, 0.25) is 0 Å². The standard InChI is InChI=1S/C14H19N3O6/c1-14(23)5-7-16(11(19)2-3-12(20)21)8-9(14)17-6-4-10(18)15-13(17)22/h4,6,9,23H,2-3,5,7-8H2,1H3,(H,20,21)(H,15,18,22)/t9-,14-/m1/s1. The number of aromatic amines is 1. The van der Waals surface area contributed by atoms with E-state index in [-0.39, 0.29) is 38.3 Å². The molecule has 0 bridgehead atoms. The van der Waals surface area contributed by atoms with Gasteiger partial charge < -0.3 is 15.1 Å². The number of carboxylic acid groups (broad SMARTS) is 1. The molecule has 1 aromatic heterocycles. The molecule has 0 aromatic carbocycles. The molecule has 0 spiro atoms. The molecule has 1 saturated heterocycles. The van der Waals surface area contributed by atoms with E-state index < -0.39 is 28.9 Å². The fraction of sp³-hybridized carbons (Fsp3) is 0.571. The predicted octanol–water partition coefficient (Wildman–Crippen LogP) is -1.07. The third-order valence-electron chi connectivity index (χ3n) is 4.09. The molecular weight excluding hydrogens is 306 g/mol. The smallest absolute Gasteiger partial charge is 0.328 e. The first-order chi connectivity index (χ1) is 10.7. The van der Waals surface area contributed by atoms with Crippen molar-refractivity contribution >= 4 is 11.9 Å². The van der Waals surface area contributed by atoms with Gasteiger partial charge in [0, 0.05) is 31.8 Å². The van der Waals surface area contributed by atoms with E-state index in [9.17, 15) is 24.3 Å². The summed E-state index contributed by atoms with van der Waals surface area (Å²) in [6.07, 6.45) is 1.12. The number of aliphatic carboxylic acids is 1. The topological polar surface area (TPSA) is 133 Å². The fourth-order valence-corrected chi connectivity index (χ4v) is 2.68. The zero-order valence-corrected chi connectivity index (χ0v) is 12.7. The summed E-state index contributed by atoms with van der Waals surface area (Å²) < 4.78 is 1.19. The van der Waals surface area contributed by atoms with Crippen molar-refractivity contribution < 1.29 is 19.8 Å². The highest BCUT2D eigenvalue weighted by Crippen LogP contribution is 2.30. The molecule has 0 aliphatic carbocycles. The van der Waals surface area contributed by atoms with Gasteiger partial charge in [-0.15, -0.1) is 0 Å². The number of piperidine rings is 1. The summed E-state index contributed by atoms with van der Waals surface area (Å²) in [5.41, 5.74) is -2.44. The molecule has 2 atom stereocenters. The Balaban J connectivity index is 2.22. The Kier molecular flexibility index (Phi) is 4.69. The minimum Gasteiger partial charge on any atom is -0.481 e. The summed E-state index contributed by atoms with van der Waals surface area (Å²) in [5, 5.41) is 19.2. The Hall–Kier alpha value is -2.42. The van der Waals surface area contributed by atoms with E-state index in [4.69, 9.17) is 5.11 Å². The summed E-state index contributed by atoms with van der Waals surface area (Å²) in [4.78, 5) is 49.3. The molecule has 23 heavy (non-hydrogen) atoms. The number of H-pyrrole nitrogens is 1. The van der Waals surface area contributed by atoms with E-state index in [1.807, 2.05) is 0 Å². The van der Waals surface area contributed by atoms with Gasteiger partial charge in [0.2, 0.25) is 5.91 Å². The number of rotatable bonds is 4. The minimum atomic E-state index is -1.23. The second kappa shape index (κ2) is 6.37. The Morgan fingerprint density at radius 1 is 1.39 bits per heavy atom. The number of carboxylic acids is 1. The van der Waals surface area contributed by atoms with Crippen LogP contribution in [0.3, 0.4) is 0 Å². The third kappa shape index (κ3) is 3.86. The van der Waals surface area contributed by atoms with Gasteiger partial charge in [0.25, 0.3) is 5.56 Å². The van der Waals surface area contributed by atoms with E-state index in [0.29, 0.717) is 0 Å². The van der Waals surface area contributed by atoms with Gasteiger partial charge in [-0.2, -0.15) is 0 Å². The molecule has 0 radical (unpaired) electrons. The van der Waals surface area contributed by atoms with Crippen LogP contribution >= 0.6 is 0 Å². The maximum Gasteiger partial charge on any atom is 0.328 e. The fourth-order valence-electron chi connectivity index (χ4n) is 2.68. The van der Waals surface area contributed by atoms with Gasteiger partial charge >= 0.3 is 11.7 Å². The van der Waals surface area contributed by atoms with Gasteiger partial charge in [0.1, 0.15) is 0 Å². The van der Waals surface area contributed by atoms with Crippen LogP contribution < -0.4 is 11.2 Å². The van der Waals surface area contributed by atoms with Crippen LogP contribution in [0.1, 0.15) is 32.2 Å². The number of carbonyl (C=O) groups excluding carboxylic acids is 1. The van der Waals surface area contributed by atoms with Gasteiger partial charge in [-0.25, -0.2) is 4.79 Å². The van der Waals surface area contributed by atoms with Crippen LogP contribution in [0.5, 0.6) is 0 Å². The Morgan fingerprint density at radius 2 is 2.09 bits per heavy atom. The molecule has 1 amide bonds. The summed E-state index contributed by atoms with van der Waals surface area (Å²) in [6, 6.07) is 0.442. The predicted molar refractivity (Wildman–Crippen MR) is 79.1 cm³/mol. The molecule has 2 rings (SSSR count). The molecule has 126 valence electrons. The number of nitrogens with zero attached hydrogens (tertiary/aromatic N) is 2. The van der Waals surface area contributed by atoms with Crippen LogP contribution in [-0.2, 0) is 9.59 Å². The molecule has 9 nitrogen and oxygen atoms in total. The summed E-state index contributed by atoms with van der Waals surface area (Å²) in [7, 11) is 0. The van der Waals surface area contributed by atoms with E-state index in [1.54, 1.807) is 6.92 Å². The lowest BCUT2D eigenvalue weighted by molar-refractivity contribution is -0.143. The molecule has 3 N–H and O–H groups in total. The van der Waals surface area contributed by atoms with E-state index >= 15 is 0 Å². The van der Waals surface area contributed by atoms with Crippen molar-refractivity contribution in [1.29, 1.82) is 0 Å². The Bertz CT molecular complexity index is 720. The summed E-state index contributed by atoms with van der Waals surface area (Å²) in [6.45, 7) is 1.91. The number of hydrogen-bond acceptors (Lipinski definition) is 5. The minimum absolute atomic E-state index is 0.0669. The SMILES string of the molecule is C[C@@]1(O)CCN(C(=O)CCC(=O)O)C[C@H]1n1ccc(=O)[nH]c1=O. The van der Waals surface area contributed by atoms with Crippen molar-refractivity contribution in [2.24, 2.45) is 0 Å².